The first-order valence-electron chi connectivity index (χ1n) is 7.39. The van der Waals surface area contributed by atoms with Crippen molar-refractivity contribution in [2.24, 2.45) is 0 Å². The summed E-state index contributed by atoms with van der Waals surface area (Å²) in [7, 11) is 0. The first-order valence-corrected chi connectivity index (χ1v) is 7.39. The van der Waals surface area contributed by atoms with E-state index in [1.54, 1.807) is 6.08 Å². The van der Waals surface area contributed by atoms with Crippen LogP contribution in [0.2, 0.25) is 0 Å². The second kappa shape index (κ2) is 6.36. The third-order valence-corrected chi connectivity index (χ3v) is 3.88. The second-order valence-electron chi connectivity index (χ2n) is 5.29. The first-order chi connectivity index (χ1) is 10.3. The summed E-state index contributed by atoms with van der Waals surface area (Å²) in [6, 6.07) is 19.9. The zero-order chi connectivity index (χ0) is 14.5. The van der Waals surface area contributed by atoms with Gasteiger partial charge in [-0.15, -0.1) is 0 Å². The van der Waals surface area contributed by atoms with Crippen LogP contribution in [0, 0.1) is 0 Å². The molecule has 1 aliphatic carbocycles. The van der Waals surface area contributed by atoms with Crippen molar-refractivity contribution in [2.45, 2.75) is 19.3 Å². The smallest absolute Gasteiger partial charge is 0.185 e. The van der Waals surface area contributed by atoms with Gasteiger partial charge in [0.05, 0.1) is 0 Å². The SMILES string of the molecule is O=C(/C=C/C1=C(c2ccccc2)CCC1)c1ccccc1. The van der Waals surface area contributed by atoms with Crippen LogP contribution in [0.1, 0.15) is 35.2 Å². The van der Waals surface area contributed by atoms with Gasteiger partial charge in [0.2, 0.25) is 0 Å². The van der Waals surface area contributed by atoms with Gasteiger partial charge < -0.3 is 0 Å². The molecule has 0 saturated carbocycles. The van der Waals surface area contributed by atoms with E-state index in [1.807, 2.05) is 42.5 Å². The Morgan fingerprint density at radius 2 is 1.52 bits per heavy atom. The second-order valence-corrected chi connectivity index (χ2v) is 5.29. The van der Waals surface area contributed by atoms with Crippen molar-refractivity contribution in [1.82, 2.24) is 0 Å². The van der Waals surface area contributed by atoms with Crippen LogP contribution >= 0.6 is 0 Å². The van der Waals surface area contributed by atoms with Crippen LogP contribution in [0.15, 0.2) is 78.4 Å². The molecule has 0 heterocycles. The average molecular weight is 274 g/mol. The zero-order valence-electron chi connectivity index (χ0n) is 12.0. The number of benzene rings is 2. The third kappa shape index (κ3) is 3.19. The largest absolute Gasteiger partial charge is 0.289 e. The highest BCUT2D eigenvalue weighted by atomic mass is 16.1. The van der Waals surface area contributed by atoms with E-state index < -0.39 is 0 Å². The van der Waals surface area contributed by atoms with E-state index in [1.165, 1.54) is 23.1 Å². The molecule has 104 valence electrons. The van der Waals surface area contributed by atoms with Crippen molar-refractivity contribution < 1.29 is 4.79 Å². The molecular formula is C20H18O. The van der Waals surface area contributed by atoms with E-state index in [0.717, 1.165) is 18.4 Å². The van der Waals surface area contributed by atoms with Gasteiger partial charge in [-0.05, 0) is 42.0 Å². The number of hydrogen-bond donors (Lipinski definition) is 0. The van der Waals surface area contributed by atoms with Crippen molar-refractivity contribution >= 4 is 11.4 Å². The minimum Gasteiger partial charge on any atom is -0.289 e. The molecule has 0 aliphatic heterocycles. The quantitative estimate of drug-likeness (QED) is 0.562. The van der Waals surface area contributed by atoms with Crippen LogP contribution in [0.4, 0.5) is 0 Å². The molecule has 2 aromatic rings. The van der Waals surface area contributed by atoms with Gasteiger partial charge in [0.15, 0.2) is 5.78 Å². The maximum Gasteiger partial charge on any atom is 0.185 e. The lowest BCUT2D eigenvalue weighted by atomic mass is 10.0. The summed E-state index contributed by atoms with van der Waals surface area (Å²) in [5.74, 6) is 0.0717. The van der Waals surface area contributed by atoms with E-state index in [2.05, 4.69) is 24.3 Å². The predicted octanol–water partition coefficient (Wildman–Crippen LogP) is 5.06. The molecule has 3 rings (SSSR count). The molecule has 0 radical (unpaired) electrons. The van der Waals surface area contributed by atoms with Crippen molar-refractivity contribution in [3.8, 4) is 0 Å². The molecule has 2 aromatic carbocycles. The van der Waals surface area contributed by atoms with Crippen LogP contribution < -0.4 is 0 Å². The van der Waals surface area contributed by atoms with Gasteiger partial charge in [-0.25, -0.2) is 0 Å². The van der Waals surface area contributed by atoms with E-state index in [-0.39, 0.29) is 5.78 Å². The van der Waals surface area contributed by atoms with Gasteiger partial charge in [0, 0.05) is 5.56 Å². The molecule has 0 aromatic heterocycles. The lowest BCUT2D eigenvalue weighted by Crippen LogP contribution is -1.93. The normalized spacial score (nSPS) is 14.9. The van der Waals surface area contributed by atoms with Crippen LogP contribution in [0.3, 0.4) is 0 Å². The molecule has 0 saturated heterocycles. The Morgan fingerprint density at radius 1 is 0.857 bits per heavy atom. The van der Waals surface area contributed by atoms with Crippen molar-refractivity contribution in [3.63, 3.8) is 0 Å². The Hall–Kier alpha value is -2.41. The zero-order valence-corrected chi connectivity index (χ0v) is 12.0. The van der Waals surface area contributed by atoms with Gasteiger partial charge >= 0.3 is 0 Å². The maximum absolute atomic E-state index is 12.1. The minimum atomic E-state index is 0.0717. The molecule has 0 N–H and O–H groups in total. The molecular weight excluding hydrogens is 256 g/mol. The Kier molecular flexibility index (Phi) is 4.11. The Balaban J connectivity index is 1.83. The van der Waals surface area contributed by atoms with Crippen molar-refractivity contribution in [1.29, 1.82) is 0 Å². The number of rotatable bonds is 4. The molecule has 1 heteroatoms. The van der Waals surface area contributed by atoms with Crippen LogP contribution in [0.25, 0.3) is 5.57 Å². The Labute approximate surface area is 125 Å². The lowest BCUT2D eigenvalue weighted by molar-refractivity contribution is 0.104. The number of carbonyl (C=O) groups is 1. The summed E-state index contributed by atoms with van der Waals surface area (Å²) in [5.41, 5.74) is 4.70. The summed E-state index contributed by atoms with van der Waals surface area (Å²) in [4.78, 5) is 12.1. The molecule has 0 amide bonds. The monoisotopic (exact) mass is 274 g/mol. The highest BCUT2D eigenvalue weighted by Gasteiger charge is 2.14. The average Bonchev–Trinajstić information content (AvgIpc) is 3.03. The lowest BCUT2D eigenvalue weighted by Gasteiger charge is -2.04. The molecule has 1 aliphatic rings. The number of allylic oxidation sites excluding steroid dienone is 4. The fourth-order valence-electron chi connectivity index (χ4n) is 2.79. The molecule has 0 fully saturated rings. The minimum absolute atomic E-state index is 0.0717. The molecule has 0 atom stereocenters. The predicted molar refractivity (Wildman–Crippen MR) is 87.1 cm³/mol. The van der Waals surface area contributed by atoms with Crippen LogP contribution in [-0.2, 0) is 0 Å². The van der Waals surface area contributed by atoms with Gasteiger partial charge in [-0.3, -0.25) is 4.79 Å². The van der Waals surface area contributed by atoms with Gasteiger partial charge in [0.25, 0.3) is 0 Å². The highest BCUT2D eigenvalue weighted by Crippen LogP contribution is 2.34. The molecule has 0 spiro atoms. The van der Waals surface area contributed by atoms with Crippen LogP contribution in [-0.4, -0.2) is 5.78 Å². The Morgan fingerprint density at radius 3 is 2.24 bits per heavy atom. The molecule has 1 nitrogen and oxygen atoms in total. The number of carbonyl (C=O) groups excluding carboxylic acids is 1. The highest BCUT2D eigenvalue weighted by molar-refractivity contribution is 6.04. The maximum atomic E-state index is 12.1. The van der Waals surface area contributed by atoms with E-state index in [0.29, 0.717) is 0 Å². The van der Waals surface area contributed by atoms with Gasteiger partial charge in [0.1, 0.15) is 0 Å². The molecule has 0 unspecified atom stereocenters. The van der Waals surface area contributed by atoms with E-state index in [9.17, 15) is 4.79 Å². The molecule has 21 heavy (non-hydrogen) atoms. The fourth-order valence-corrected chi connectivity index (χ4v) is 2.79. The van der Waals surface area contributed by atoms with Crippen molar-refractivity contribution in [2.75, 3.05) is 0 Å². The standard InChI is InChI=1S/C20H18O/c21-20(18-10-5-2-6-11-18)15-14-17-12-7-13-19(17)16-8-3-1-4-9-16/h1-6,8-11,14-15H,7,12-13H2/b15-14+. The summed E-state index contributed by atoms with van der Waals surface area (Å²) in [6.07, 6.45) is 7.04. The number of ketones is 1. The summed E-state index contributed by atoms with van der Waals surface area (Å²) in [5, 5.41) is 0. The summed E-state index contributed by atoms with van der Waals surface area (Å²) >= 11 is 0. The van der Waals surface area contributed by atoms with E-state index >= 15 is 0 Å². The first kappa shape index (κ1) is 13.6. The molecule has 0 bridgehead atoms. The van der Waals surface area contributed by atoms with E-state index in [4.69, 9.17) is 0 Å². The third-order valence-electron chi connectivity index (χ3n) is 3.88. The van der Waals surface area contributed by atoms with Crippen LogP contribution in [0.5, 0.6) is 0 Å². The Bertz CT molecular complexity index is 678. The van der Waals surface area contributed by atoms with Gasteiger partial charge in [-0.1, -0.05) is 66.7 Å². The summed E-state index contributed by atoms with van der Waals surface area (Å²) in [6.45, 7) is 0. The van der Waals surface area contributed by atoms with Crippen molar-refractivity contribution in [3.05, 3.63) is 89.5 Å². The topological polar surface area (TPSA) is 17.1 Å². The fraction of sp³-hybridized carbons (Fsp3) is 0.150. The van der Waals surface area contributed by atoms with Gasteiger partial charge in [-0.2, -0.15) is 0 Å². The number of hydrogen-bond acceptors (Lipinski definition) is 1. The summed E-state index contributed by atoms with van der Waals surface area (Å²) < 4.78 is 0.